The van der Waals surface area contributed by atoms with Gasteiger partial charge in [-0.25, -0.2) is 0 Å². The second kappa shape index (κ2) is 30.0. The number of benzene rings is 2. The third-order valence-electron chi connectivity index (χ3n) is 12.1. The summed E-state index contributed by atoms with van der Waals surface area (Å²) >= 11 is 0. The van der Waals surface area contributed by atoms with E-state index in [2.05, 4.69) is 17.6 Å². The van der Waals surface area contributed by atoms with Crippen LogP contribution in [-0.4, -0.2) is 97.7 Å². The molecule has 2 aromatic carbocycles. The quantitative estimate of drug-likeness (QED) is 0.0646. The summed E-state index contributed by atoms with van der Waals surface area (Å²) in [4.78, 5) is 96.5. The zero-order valence-corrected chi connectivity index (χ0v) is 40.2. The van der Waals surface area contributed by atoms with E-state index in [-0.39, 0.29) is 114 Å². The van der Waals surface area contributed by atoms with Gasteiger partial charge in [-0.05, 0) is 74.5 Å². The van der Waals surface area contributed by atoms with E-state index in [4.69, 9.17) is 26.7 Å². The molecule has 2 aromatic rings. The van der Waals surface area contributed by atoms with E-state index >= 15 is 0 Å². The number of ether oxygens (including phenoxy) is 2. The summed E-state index contributed by atoms with van der Waals surface area (Å²) in [5.74, 6) is -3.47. The number of nitrogens with two attached hydrogens (primary N) is 3. The molecule has 8 N–H and O–H groups in total. The lowest BCUT2D eigenvalue weighted by atomic mass is 9.88. The number of rotatable bonds is 29. The number of ketones is 4. The van der Waals surface area contributed by atoms with Gasteiger partial charge in [0.25, 0.3) is 0 Å². The normalized spacial score (nSPS) is 17.0. The lowest BCUT2D eigenvalue weighted by Gasteiger charge is -2.32. The number of carbonyl (C=O) groups excluding carboxylic acids is 7. The van der Waals surface area contributed by atoms with Crippen molar-refractivity contribution >= 4 is 40.9 Å². The third kappa shape index (κ3) is 18.3. The van der Waals surface area contributed by atoms with Gasteiger partial charge in [0.15, 0.2) is 17.3 Å². The number of likely N-dealkylation sites (N-methyl/N-ethyl adjacent to an activating group) is 1. The minimum atomic E-state index is -1.24. The average Bonchev–Trinajstić information content (AvgIpc) is 3.30. The SMILES string of the molecule is CCCCCCCCCC(=O)N[C@@H](C)C(=O)CCCC(=O)C[C@@H](CCN)C(=O)N(C)[C@@H]1C(=O)C[C@@H](C)C(=O)N[C@H](C(=O)CCC#N)Cc2ccc(OCCN)c(c2)-c2cc1ccc2OCCN. The summed E-state index contributed by atoms with van der Waals surface area (Å²) in [5, 5.41) is 14.8. The minimum absolute atomic E-state index is 0.0265. The van der Waals surface area contributed by atoms with Crippen LogP contribution < -0.4 is 37.3 Å². The van der Waals surface area contributed by atoms with Crippen LogP contribution in [0, 0.1) is 23.2 Å². The van der Waals surface area contributed by atoms with Crippen LogP contribution in [-0.2, 0) is 40.0 Å². The van der Waals surface area contributed by atoms with Crippen LogP contribution in [0.25, 0.3) is 11.1 Å². The van der Waals surface area contributed by atoms with Crippen LogP contribution in [0.4, 0.5) is 0 Å². The first kappa shape index (κ1) is 55.8. The molecule has 0 spiro atoms. The molecule has 67 heavy (non-hydrogen) atoms. The van der Waals surface area contributed by atoms with Crippen LogP contribution in [0.5, 0.6) is 11.5 Å². The Hall–Kier alpha value is -5.50. The van der Waals surface area contributed by atoms with Crippen LogP contribution in [0.1, 0.15) is 141 Å². The summed E-state index contributed by atoms with van der Waals surface area (Å²) in [6, 6.07) is 9.44. The van der Waals surface area contributed by atoms with E-state index in [1.54, 1.807) is 44.2 Å². The number of nitrogens with zero attached hydrogens (tertiary/aromatic N) is 2. The minimum Gasteiger partial charge on any atom is -0.492 e. The van der Waals surface area contributed by atoms with Gasteiger partial charge in [0, 0.05) is 88.0 Å². The molecule has 5 atom stereocenters. The molecule has 0 fully saturated rings. The number of Topliss-reactive ketones (excluding diaryl/α,β-unsaturated/α-hetero) is 4. The first-order valence-corrected chi connectivity index (χ1v) is 24.2. The second-order valence-corrected chi connectivity index (χ2v) is 17.7. The van der Waals surface area contributed by atoms with E-state index in [0.29, 0.717) is 40.2 Å². The Morgan fingerprint density at radius 2 is 1.48 bits per heavy atom. The van der Waals surface area contributed by atoms with Crippen molar-refractivity contribution in [1.82, 2.24) is 15.5 Å². The highest BCUT2D eigenvalue weighted by Crippen LogP contribution is 2.41. The topological polar surface area (TPSA) is 267 Å². The summed E-state index contributed by atoms with van der Waals surface area (Å²) in [6.45, 7) is 6.20. The van der Waals surface area contributed by atoms with Gasteiger partial charge in [-0.3, -0.25) is 33.6 Å². The van der Waals surface area contributed by atoms with Gasteiger partial charge in [-0.15, -0.1) is 0 Å². The van der Waals surface area contributed by atoms with Crippen molar-refractivity contribution in [3.8, 4) is 28.7 Å². The summed E-state index contributed by atoms with van der Waals surface area (Å²) in [7, 11) is 1.48. The van der Waals surface area contributed by atoms with E-state index in [1.165, 1.54) is 31.2 Å². The zero-order valence-electron chi connectivity index (χ0n) is 40.2. The standard InChI is InChI=1S/C51H75N7O9/c1-5-6-7-8-9-10-11-17-48(63)56-35(3)43(60)15-12-14-39(59)32-38(22-24-53)51(65)58(4)49-37-19-21-47(67-28-26-55)41(33-37)40-30-36(18-20-46(40)66-27-25-54)31-42(44(61)16-13-23-52)57-50(64)34(2)29-45(49)62/h18-21,30,33-35,38,42,49H,5-17,22,24-29,31-32,53-55H2,1-4H3,(H,56,63)(H,57,64)/t34-,35+,38-,42+,49+/m1/s1. The van der Waals surface area contributed by atoms with Gasteiger partial charge in [0.1, 0.15) is 36.5 Å². The van der Waals surface area contributed by atoms with Crippen molar-refractivity contribution in [2.24, 2.45) is 29.0 Å². The molecule has 3 amide bonds. The highest BCUT2D eigenvalue weighted by Gasteiger charge is 2.36. The molecule has 0 saturated heterocycles. The Kier molecular flexibility index (Phi) is 25.0. The van der Waals surface area contributed by atoms with E-state index < -0.39 is 47.6 Å². The van der Waals surface area contributed by atoms with Gasteiger partial charge in [0.05, 0.1) is 18.2 Å². The fourth-order valence-corrected chi connectivity index (χ4v) is 8.33. The van der Waals surface area contributed by atoms with Crippen molar-refractivity contribution in [3.05, 3.63) is 47.5 Å². The fraction of sp³-hybridized carbons (Fsp3) is 0.608. The maximum Gasteiger partial charge on any atom is 0.226 e. The maximum atomic E-state index is 14.6. The zero-order chi connectivity index (χ0) is 49.3. The maximum absolute atomic E-state index is 14.6. The summed E-state index contributed by atoms with van der Waals surface area (Å²) in [5.41, 5.74) is 19.8. The molecule has 1 aliphatic heterocycles. The Balaban J connectivity index is 1.91. The number of nitrogens with one attached hydrogen (secondary N) is 2. The van der Waals surface area contributed by atoms with Gasteiger partial charge in [-0.2, -0.15) is 5.26 Å². The number of carbonyl (C=O) groups is 7. The van der Waals surface area contributed by atoms with Crippen LogP contribution in [0.15, 0.2) is 36.4 Å². The summed E-state index contributed by atoms with van der Waals surface area (Å²) in [6.07, 6.45) is 7.90. The molecule has 16 nitrogen and oxygen atoms in total. The number of hydrogen-bond donors (Lipinski definition) is 5. The number of fused-ring (bicyclic) bond motifs is 5. The molecular weight excluding hydrogens is 855 g/mol. The Morgan fingerprint density at radius 3 is 2.12 bits per heavy atom. The lowest BCUT2D eigenvalue weighted by Crippen LogP contribution is -2.46. The second-order valence-electron chi connectivity index (χ2n) is 17.7. The van der Waals surface area contributed by atoms with Gasteiger partial charge in [0.2, 0.25) is 17.7 Å². The molecule has 0 aromatic heterocycles. The molecule has 0 aliphatic carbocycles. The molecule has 16 heteroatoms. The number of amides is 3. The van der Waals surface area contributed by atoms with Crippen LogP contribution in [0.2, 0.25) is 0 Å². The smallest absolute Gasteiger partial charge is 0.226 e. The van der Waals surface area contributed by atoms with Crippen LogP contribution >= 0.6 is 0 Å². The lowest BCUT2D eigenvalue weighted by molar-refractivity contribution is -0.143. The largest absolute Gasteiger partial charge is 0.492 e. The van der Waals surface area contributed by atoms with Crippen molar-refractivity contribution < 1.29 is 43.0 Å². The molecule has 368 valence electrons. The van der Waals surface area contributed by atoms with E-state index in [1.807, 2.05) is 12.1 Å². The molecule has 1 heterocycles. The Morgan fingerprint density at radius 1 is 0.836 bits per heavy atom. The van der Waals surface area contributed by atoms with Gasteiger partial charge in [-0.1, -0.05) is 64.5 Å². The van der Waals surface area contributed by atoms with Crippen LogP contribution in [0.3, 0.4) is 0 Å². The Bertz CT molecular complexity index is 2020. The predicted molar refractivity (Wildman–Crippen MR) is 257 cm³/mol. The molecule has 0 unspecified atom stereocenters. The summed E-state index contributed by atoms with van der Waals surface area (Å²) < 4.78 is 12.2. The third-order valence-corrected chi connectivity index (χ3v) is 12.1. The van der Waals surface area contributed by atoms with E-state index in [9.17, 15) is 38.8 Å². The highest BCUT2D eigenvalue weighted by molar-refractivity contribution is 5.96. The van der Waals surface area contributed by atoms with Gasteiger partial charge < -0.3 is 42.2 Å². The molecule has 3 rings (SSSR count). The average molecular weight is 930 g/mol. The van der Waals surface area contributed by atoms with Gasteiger partial charge >= 0.3 is 0 Å². The first-order chi connectivity index (χ1) is 32.2. The monoisotopic (exact) mass is 930 g/mol. The fourth-order valence-electron chi connectivity index (χ4n) is 8.33. The first-order valence-electron chi connectivity index (χ1n) is 24.2. The number of nitriles is 1. The Labute approximate surface area is 396 Å². The molecular formula is C51H75N7O9. The van der Waals surface area contributed by atoms with Crippen molar-refractivity contribution in [3.63, 3.8) is 0 Å². The molecule has 1 aliphatic rings. The van der Waals surface area contributed by atoms with E-state index in [0.717, 1.165) is 25.7 Å². The number of hydrogen-bond acceptors (Lipinski definition) is 13. The molecule has 0 radical (unpaired) electrons. The van der Waals surface area contributed by atoms with Crippen molar-refractivity contribution in [2.45, 2.75) is 148 Å². The molecule has 4 bridgehead atoms. The van der Waals surface area contributed by atoms with Crippen molar-refractivity contribution in [2.75, 3.05) is 39.9 Å². The highest BCUT2D eigenvalue weighted by atomic mass is 16.5. The number of unbranched alkanes of at least 4 members (excludes halogenated alkanes) is 6. The van der Waals surface area contributed by atoms with Crippen molar-refractivity contribution in [1.29, 1.82) is 5.26 Å². The predicted octanol–water partition coefficient (Wildman–Crippen LogP) is 5.35. The molecule has 0 saturated carbocycles.